The number of nitrogens with one attached hydrogen (secondary N) is 1. The average Bonchev–Trinajstić information content (AvgIpc) is 3.41. The van der Waals surface area contributed by atoms with E-state index >= 15 is 0 Å². The minimum atomic E-state index is -0.467. The molecule has 152 valence electrons. The van der Waals surface area contributed by atoms with E-state index in [1.807, 2.05) is 25.1 Å². The number of aryl methyl sites for hydroxylation is 1. The third-order valence-corrected chi connectivity index (χ3v) is 4.53. The number of hydrogen-bond donors (Lipinski definition) is 1. The fourth-order valence-corrected chi connectivity index (χ4v) is 3.08. The summed E-state index contributed by atoms with van der Waals surface area (Å²) in [6, 6.07) is 9.16. The van der Waals surface area contributed by atoms with Crippen molar-refractivity contribution in [1.29, 1.82) is 0 Å². The second kappa shape index (κ2) is 8.16. The van der Waals surface area contributed by atoms with Crippen LogP contribution >= 0.6 is 0 Å². The van der Waals surface area contributed by atoms with Gasteiger partial charge in [0.2, 0.25) is 0 Å². The second-order valence-corrected chi connectivity index (χ2v) is 6.46. The zero-order chi connectivity index (χ0) is 21.1. The number of hydrogen-bond acceptors (Lipinski definition) is 6. The topological polar surface area (TPSA) is 103 Å². The maximum atomic E-state index is 12.5. The molecule has 1 aromatic carbocycles. The summed E-state index contributed by atoms with van der Waals surface area (Å²) in [5, 5.41) is 11.3. The zero-order valence-corrected chi connectivity index (χ0v) is 16.6. The standard InChI is InChI=1S/C21H20N6O3/c1-3-26-13-15(11-23-26)20(28)25-16-7-5-6-14(10-16)18-8-9-22-19-17(12-24-27(18)19)21(29)30-4-2/h5-13H,3-4H2,1-2H3,(H,25,28). The predicted octanol–water partition coefficient (Wildman–Crippen LogP) is 3.04. The number of carbonyl (C=O) groups excluding carboxylic acids is 2. The van der Waals surface area contributed by atoms with Gasteiger partial charge in [0.25, 0.3) is 5.91 Å². The molecule has 1 amide bonds. The molecule has 30 heavy (non-hydrogen) atoms. The number of anilines is 1. The van der Waals surface area contributed by atoms with Gasteiger partial charge in [-0.05, 0) is 32.0 Å². The van der Waals surface area contributed by atoms with Gasteiger partial charge in [-0.15, -0.1) is 0 Å². The van der Waals surface area contributed by atoms with Crippen LogP contribution in [0.1, 0.15) is 34.6 Å². The first-order chi connectivity index (χ1) is 14.6. The van der Waals surface area contributed by atoms with E-state index in [-0.39, 0.29) is 12.5 Å². The van der Waals surface area contributed by atoms with E-state index in [0.717, 1.165) is 11.3 Å². The van der Waals surface area contributed by atoms with Crippen LogP contribution in [0.5, 0.6) is 0 Å². The minimum Gasteiger partial charge on any atom is -0.462 e. The Bertz CT molecular complexity index is 1230. The van der Waals surface area contributed by atoms with Crippen LogP contribution in [-0.2, 0) is 11.3 Å². The number of benzene rings is 1. The van der Waals surface area contributed by atoms with Gasteiger partial charge in [0.05, 0.1) is 30.3 Å². The maximum Gasteiger partial charge on any atom is 0.343 e. The first-order valence-corrected chi connectivity index (χ1v) is 9.54. The quantitative estimate of drug-likeness (QED) is 0.496. The van der Waals surface area contributed by atoms with Gasteiger partial charge in [-0.2, -0.15) is 10.2 Å². The Labute approximate surface area is 172 Å². The van der Waals surface area contributed by atoms with Crippen molar-refractivity contribution >= 4 is 23.2 Å². The summed E-state index contributed by atoms with van der Waals surface area (Å²) in [5.74, 6) is -0.707. The van der Waals surface area contributed by atoms with Crippen molar-refractivity contribution in [3.8, 4) is 11.3 Å². The highest BCUT2D eigenvalue weighted by molar-refractivity contribution is 6.04. The van der Waals surface area contributed by atoms with Gasteiger partial charge in [0.1, 0.15) is 5.56 Å². The van der Waals surface area contributed by atoms with Crippen molar-refractivity contribution in [3.05, 3.63) is 66.2 Å². The summed E-state index contributed by atoms with van der Waals surface area (Å²) < 4.78 is 8.34. The third kappa shape index (κ3) is 3.64. The summed E-state index contributed by atoms with van der Waals surface area (Å²) in [4.78, 5) is 28.9. The second-order valence-electron chi connectivity index (χ2n) is 6.46. The lowest BCUT2D eigenvalue weighted by atomic mass is 10.1. The average molecular weight is 404 g/mol. The highest BCUT2D eigenvalue weighted by Gasteiger charge is 2.17. The first kappa shape index (κ1) is 19.3. The zero-order valence-electron chi connectivity index (χ0n) is 16.6. The smallest absolute Gasteiger partial charge is 0.343 e. The van der Waals surface area contributed by atoms with Crippen LogP contribution in [0.4, 0.5) is 5.69 Å². The lowest BCUT2D eigenvalue weighted by Crippen LogP contribution is -2.11. The highest BCUT2D eigenvalue weighted by Crippen LogP contribution is 2.24. The monoisotopic (exact) mass is 404 g/mol. The van der Waals surface area contributed by atoms with Crippen molar-refractivity contribution in [3.63, 3.8) is 0 Å². The molecular weight excluding hydrogens is 384 g/mol. The van der Waals surface area contributed by atoms with E-state index in [1.54, 1.807) is 40.6 Å². The number of ether oxygens (including phenoxy) is 1. The molecule has 0 atom stereocenters. The number of nitrogens with zero attached hydrogens (tertiary/aromatic N) is 5. The number of carbonyl (C=O) groups is 2. The van der Waals surface area contributed by atoms with Crippen LogP contribution in [-0.4, -0.2) is 42.9 Å². The first-order valence-electron chi connectivity index (χ1n) is 9.54. The maximum absolute atomic E-state index is 12.5. The summed E-state index contributed by atoms with van der Waals surface area (Å²) in [6.45, 7) is 4.67. The number of fused-ring (bicyclic) bond motifs is 1. The Kier molecular flexibility index (Phi) is 5.25. The molecule has 0 saturated carbocycles. The molecule has 0 aliphatic heterocycles. The van der Waals surface area contributed by atoms with Gasteiger partial charge < -0.3 is 10.1 Å². The Balaban J connectivity index is 1.64. The van der Waals surface area contributed by atoms with Gasteiger partial charge in [0.15, 0.2) is 5.65 Å². The molecule has 0 bridgehead atoms. The number of amides is 1. The largest absolute Gasteiger partial charge is 0.462 e. The molecule has 0 aliphatic rings. The SMILES string of the molecule is CCOC(=O)c1cnn2c(-c3cccc(NC(=O)c4cnn(CC)c4)c3)ccnc12. The summed E-state index contributed by atoms with van der Waals surface area (Å²) in [6.07, 6.45) is 6.29. The molecule has 0 unspecified atom stereocenters. The third-order valence-electron chi connectivity index (χ3n) is 4.53. The molecule has 0 aliphatic carbocycles. The molecule has 9 heteroatoms. The van der Waals surface area contributed by atoms with Crippen LogP contribution in [0.15, 0.2) is 55.1 Å². The molecule has 0 radical (unpaired) electrons. The van der Waals surface area contributed by atoms with Crippen molar-refractivity contribution in [1.82, 2.24) is 24.4 Å². The molecule has 4 aromatic rings. The number of esters is 1. The Hall–Kier alpha value is -4.01. The Morgan fingerprint density at radius 2 is 2.00 bits per heavy atom. The van der Waals surface area contributed by atoms with Crippen LogP contribution in [0, 0.1) is 0 Å². The predicted molar refractivity (Wildman–Crippen MR) is 110 cm³/mol. The van der Waals surface area contributed by atoms with Crippen LogP contribution in [0.2, 0.25) is 0 Å². The Morgan fingerprint density at radius 3 is 2.77 bits per heavy atom. The lowest BCUT2D eigenvalue weighted by Gasteiger charge is -2.08. The lowest BCUT2D eigenvalue weighted by molar-refractivity contribution is 0.0528. The van der Waals surface area contributed by atoms with Gasteiger partial charge >= 0.3 is 5.97 Å². The Morgan fingerprint density at radius 1 is 1.13 bits per heavy atom. The van der Waals surface area contributed by atoms with Crippen molar-refractivity contribution in [2.45, 2.75) is 20.4 Å². The van der Waals surface area contributed by atoms with E-state index < -0.39 is 5.97 Å². The van der Waals surface area contributed by atoms with Crippen molar-refractivity contribution in [2.24, 2.45) is 0 Å². The molecule has 0 spiro atoms. The van der Waals surface area contributed by atoms with Gasteiger partial charge in [-0.25, -0.2) is 14.3 Å². The molecule has 0 saturated heterocycles. The van der Waals surface area contributed by atoms with Crippen LogP contribution in [0.3, 0.4) is 0 Å². The van der Waals surface area contributed by atoms with Crippen molar-refractivity contribution in [2.75, 3.05) is 11.9 Å². The molecular formula is C21H20N6O3. The van der Waals surface area contributed by atoms with Crippen LogP contribution in [0.25, 0.3) is 16.9 Å². The van der Waals surface area contributed by atoms with E-state index in [4.69, 9.17) is 4.74 Å². The van der Waals surface area contributed by atoms with E-state index in [9.17, 15) is 9.59 Å². The molecule has 9 nitrogen and oxygen atoms in total. The van der Waals surface area contributed by atoms with Gasteiger partial charge in [0, 0.05) is 30.2 Å². The fraction of sp³-hybridized carbons (Fsp3) is 0.190. The van der Waals surface area contributed by atoms with E-state index in [0.29, 0.717) is 29.0 Å². The summed E-state index contributed by atoms with van der Waals surface area (Å²) in [7, 11) is 0. The number of rotatable bonds is 6. The summed E-state index contributed by atoms with van der Waals surface area (Å²) >= 11 is 0. The van der Waals surface area contributed by atoms with Gasteiger partial charge in [-0.3, -0.25) is 9.48 Å². The highest BCUT2D eigenvalue weighted by atomic mass is 16.5. The molecule has 4 rings (SSSR count). The van der Waals surface area contributed by atoms with E-state index in [2.05, 4.69) is 20.5 Å². The molecule has 0 fully saturated rings. The van der Waals surface area contributed by atoms with Gasteiger partial charge in [-0.1, -0.05) is 12.1 Å². The fourth-order valence-electron chi connectivity index (χ4n) is 3.08. The molecule has 3 aromatic heterocycles. The summed E-state index contributed by atoms with van der Waals surface area (Å²) in [5.41, 5.74) is 3.36. The van der Waals surface area contributed by atoms with Crippen molar-refractivity contribution < 1.29 is 14.3 Å². The van der Waals surface area contributed by atoms with Crippen LogP contribution < -0.4 is 5.32 Å². The molecule has 1 N–H and O–H groups in total. The normalized spacial score (nSPS) is 10.9. The minimum absolute atomic E-state index is 0.240. The molecule has 3 heterocycles. The van der Waals surface area contributed by atoms with E-state index in [1.165, 1.54) is 12.4 Å². The number of aromatic nitrogens is 5.